The van der Waals surface area contributed by atoms with Crippen LogP contribution in [0.1, 0.15) is 19.4 Å². The van der Waals surface area contributed by atoms with E-state index >= 15 is 0 Å². The molecular formula is C20H23N5. The van der Waals surface area contributed by atoms with Crippen LogP contribution in [0.5, 0.6) is 0 Å². The number of benzene rings is 1. The summed E-state index contributed by atoms with van der Waals surface area (Å²) >= 11 is 0. The second-order valence-corrected chi connectivity index (χ2v) is 5.68. The molecule has 0 saturated carbocycles. The molecule has 0 aliphatic heterocycles. The molecule has 1 aromatic carbocycles. The maximum Gasteiger partial charge on any atom is 0.225 e. The number of aromatic nitrogens is 3. The number of rotatable bonds is 7. The van der Waals surface area contributed by atoms with Gasteiger partial charge in [-0.3, -0.25) is 4.98 Å². The van der Waals surface area contributed by atoms with E-state index in [-0.39, 0.29) is 0 Å². The van der Waals surface area contributed by atoms with E-state index in [0.29, 0.717) is 12.5 Å². The van der Waals surface area contributed by atoms with E-state index in [0.717, 1.165) is 35.7 Å². The lowest BCUT2D eigenvalue weighted by Gasteiger charge is -2.21. The smallest absolute Gasteiger partial charge is 0.225 e. The molecule has 2 heterocycles. The maximum atomic E-state index is 4.71. The Balaban J connectivity index is 1.92. The van der Waals surface area contributed by atoms with Crippen molar-refractivity contribution in [1.82, 2.24) is 15.0 Å². The molecule has 0 saturated heterocycles. The molecule has 1 N–H and O–H groups in total. The maximum absolute atomic E-state index is 4.71. The van der Waals surface area contributed by atoms with E-state index in [1.54, 1.807) is 12.4 Å². The molecule has 5 heteroatoms. The van der Waals surface area contributed by atoms with Crippen molar-refractivity contribution in [2.75, 3.05) is 23.3 Å². The molecule has 128 valence electrons. The summed E-state index contributed by atoms with van der Waals surface area (Å²) in [5.41, 5.74) is 3.16. The van der Waals surface area contributed by atoms with Crippen molar-refractivity contribution in [3.05, 3.63) is 66.5 Å². The van der Waals surface area contributed by atoms with Gasteiger partial charge >= 0.3 is 0 Å². The van der Waals surface area contributed by atoms with Crippen LogP contribution in [0.4, 0.5) is 11.8 Å². The molecule has 0 aliphatic rings. The summed E-state index contributed by atoms with van der Waals surface area (Å²) < 4.78 is 0. The standard InChI is InChI=1S/C20H23N5/c1-3-25(4-2)19-14-18(17-8-6-5-7-9-17)23-20(24-19)22-15-16-10-12-21-13-11-16/h5-14H,3-4,15H2,1-2H3,(H,22,23,24). The summed E-state index contributed by atoms with van der Waals surface area (Å²) in [6, 6.07) is 16.2. The van der Waals surface area contributed by atoms with E-state index < -0.39 is 0 Å². The summed E-state index contributed by atoms with van der Waals surface area (Å²) in [6.07, 6.45) is 3.58. The second kappa shape index (κ2) is 8.24. The van der Waals surface area contributed by atoms with Crippen molar-refractivity contribution in [2.45, 2.75) is 20.4 Å². The molecular weight excluding hydrogens is 310 g/mol. The Kier molecular flexibility index (Phi) is 5.57. The Morgan fingerprint density at radius 3 is 2.32 bits per heavy atom. The van der Waals surface area contributed by atoms with Gasteiger partial charge < -0.3 is 10.2 Å². The van der Waals surface area contributed by atoms with E-state index in [2.05, 4.69) is 47.2 Å². The fourth-order valence-corrected chi connectivity index (χ4v) is 2.66. The van der Waals surface area contributed by atoms with E-state index in [1.807, 2.05) is 30.3 Å². The topological polar surface area (TPSA) is 53.9 Å². The van der Waals surface area contributed by atoms with Gasteiger partial charge in [0.2, 0.25) is 5.95 Å². The number of nitrogens with zero attached hydrogens (tertiary/aromatic N) is 4. The number of hydrogen-bond acceptors (Lipinski definition) is 5. The summed E-state index contributed by atoms with van der Waals surface area (Å²) in [4.78, 5) is 15.7. The lowest BCUT2D eigenvalue weighted by molar-refractivity contribution is 0.841. The summed E-state index contributed by atoms with van der Waals surface area (Å²) in [5.74, 6) is 1.58. The normalized spacial score (nSPS) is 10.5. The molecule has 0 radical (unpaired) electrons. The van der Waals surface area contributed by atoms with Crippen molar-refractivity contribution in [3.63, 3.8) is 0 Å². The Morgan fingerprint density at radius 2 is 1.64 bits per heavy atom. The highest BCUT2D eigenvalue weighted by Gasteiger charge is 2.10. The minimum Gasteiger partial charge on any atom is -0.357 e. The van der Waals surface area contributed by atoms with Crippen LogP contribution in [-0.2, 0) is 6.54 Å². The molecule has 0 bridgehead atoms. The van der Waals surface area contributed by atoms with Gasteiger partial charge in [0.15, 0.2) is 0 Å². The highest BCUT2D eigenvalue weighted by Crippen LogP contribution is 2.23. The Hall–Kier alpha value is -2.95. The van der Waals surface area contributed by atoms with Crippen LogP contribution in [0.15, 0.2) is 60.9 Å². The predicted octanol–water partition coefficient (Wildman–Crippen LogP) is 4.00. The van der Waals surface area contributed by atoms with E-state index in [1.165, 1.54) is 0 Å². The third kappa shape index (κ3) is 4.32. The molecule has 0 spiro atoms. The van der Waals surface area contributed by atoms with Crippen molar-refractivity contribution >= 4 is 11.8 Å². The van der Waals surface area contributed by atoms with Crippen LogP contribution >= 0.6 is 0 Å². The average Bonchev–Trinajstić information content (AvgIpc) is 2.69. The molecule has 0 amide bonds. The van der Waals surface area contributed by atoms with Crippen LogP contribution in [0, 0.1) is 0 Å². The zero-order valence-electron chi connectivity index (χ0n) is 14.7. The van der Waals surface area contributed by atoms with Gasteiger partial charge in [-0.1, -0.05) is 30.3 Å². The van der Waals surface area contributed by atoms with Gasteiger partial charge in [0.25, 0.3) is 0 Å². The highest BCUT2D eigenvalue weighted by atomic mass is 15.2. The zero-order chi connectivity index (χ0) is 17.5. The molecule has 0 atom stereocenters. The molecule has 0 aliphatic carbocycles. The van der Waals surface area contributed by atoms with Crippen LogP contribution in [0.3, 0.4) is 0 Å². The van der Waals surface area contributed by atoms with Crippen molar-refractivity contribution in [3.8, 4) is 11.3 Å². The minimum atomic E-state index is 0.639. The first-order valence-corrected chi connectivity index (χ1v) is 8.62. The lowest BCUT2D eigenvalue weighted by atomic mass is 10.1. The van der Waals surface area contributed by atoms with Crippen LogP contribution < -0.4 is 10.2 Å². The third-order valence-corrected chi connectivity index (χ3v) is 4.07. The minimum absolute atomic E-state index is 0.639. The second-order valence-electron chi connectivity index (χ2n) is 5.68. The first kappa shape index (κ1) is 16.9. The molecule has 0 fully saturated rings. The van der Waals surface area contributed by atoms with Crippen molar-refractivity contribution in [2.24, 2.45) is 0 Å². The summed E-state index contributed by atoms with van der Waals surface area (Å²) in [5, 5.41) is 3.34. The molecule has 5 nitrogen and oxygen atoms in total. The SMILES string of the molecule is CCN(CC)c1cc(-c2ccccc2)nc(NCc2ccncc2)n1. The highest BCUT2D eigenvalue weighted by molar-refractivity contribution is 5.64. The van der Waals surface area contributed by atoms with Gasteiger partial charge in [0.1, 0.15) is 5.82 Å². The van der Waals surface area contributed by atoms with Gasteiger partial charge in [-0.15, -0.1) is 0 Å². The number of nitrogens with one attached hydrogen (secondary N) is 1. The van der Waals surface area contributed by atoms with Gasteiger partial charge in [-0.05, 0) is 31.5 Å². The van der Waals surface area contributed by atoms with Crippen LogP contribution in [-0.4, -0.2) is 28.0 Å². The first-order chi connectivity index (χ1) is 12.3. The zero-order valence-corrected chi connectivity index (χ0v) is 14.7. The molecule has 3 rings (SSSR count). The summed E-state index contributed by atoms with van der Waals surface area (Å²) in [6.45, 7) is 6.76. The van der Waals surface area contributed by atoms with Crippen LogP contribution in [0.25, 0.3) is 11.3 Å². The third-order valence-electron chi connectivity index (χ3n) is 4.07. The van der Waals surface area contributed by atoms with Crippen molar-refractivity contribution in [1.29, 1.82) is 0 Å². The Bertz CT molecular complexity index is 786. The molecule has 25 heavy (non-hydrogen) atoms. The Morgan fingerprint density at radius 1 is 0.920 bits per heavy atom. The number of hydrogen-bond donors (Lipinski definition) is 1. The number of anilines is 2. The Labute approximate surface area is 148 Å². The van der Waals surface area contributed by atoms with E-state index in [4.69, 9.17) is 9.97 Å². The average molecular weight is 333 g/mol. The molecule has 2 aromatic heterocycles. The fraction of sp³-hybridized carbons (Fsp3) is 0.250. The van der Waals surface area contributed by atoms with Crippen molar-refractivity contribution < 1.29 is 0 Å². The molecule has 0 unspecified atom stereocenters. The van der Waals surface area contributed by atoms with Gasteiger partial charge in [0.05, 0.1) is 5.69 Å². The van der Waals surface area contributed by atoms with Crippen LogP contribution in [0.2, 0.25) is 0 Å². The monoisotopic (exact) mass is 333 g/mol. The van der Waals surface area contributed by atoms with Gasteiger partial charge in [-0.25, -0.2) is 4.98 Å². The first-order valence-electron chi connectivity index (χ1n) is 8.62. The van der Waals surface area contributed by atoms with E-state index in [9.17, 15) is 0 Å². The quantitative estimate of drug-likeness (QED) is 0.708. The lowest BCUT2D eigenvalue weighted by Crippen LogP contribution is -2.23. The fourth-order valence-electron chi connectivity index (χ4n) is 2.66. The molecule has 3 aromatic rings. The largest absolute Gasteiger partial charge is 0.357 e. The predicted molar refractivity (Wildman–Crippen MR) is 103 cm³/mol. The summed E-state index contributed by atoms with van der Waals surface area (Å²) in [7, 11) is 0. The van der Waals surface area contributed by atoms with Gasteiger partial charge in [0, 0.05) is 43.7 Å². The number of pyridine rings is 1. The van der Waals surface area contributed by atoms with Gasteiger partial charge in [-0.2, -0.15) is 4.98 Å².